The maximum Gasteiger partial charge on any atom is 0.231 e. The molecule has 0 fully saturated rings. The minimum atomic E-state index is 0.238. The van der Waals surface area contributed by atoms with Crippen LogP contribution in [0, 0.1) is 0 Å². The Morgan fingerprint density at radius 1 is 1.08 bits per heavy atom. The van der Waals surface area contributed by atoms with Crippen molar-refractivity contribution in [2.24, 2.45) is 0 Å². The molecule has 6 nitrogen and oxygen atoms in total. The van der Waals surface area contributed by atoms with Crippen molar-refractivity contribution in [3.05, 3.63) is 48.8 Å². The highest BCUT2D eigenvalue weighted by molar-refractivity contribution is 6.00. The second kappa shape index (κ2) is 5.37. The van der Waals surface area contributed by atoms with Crippen LogP contribution < -0.4 is 14.2 Å². The fourth-order valence-electron chi connectivity index (χ4n) is 3.27. The molecule has 4 aromatic rings. The first-order valence-electron chi connectivity index (χ1n) is 8.13. The number of hydrogen-bond acceptors (Lipinski definition) is 5. The van der Waals surface area contributed by atoms with Crippen molar-refractivity contribution in [2.75, 3.05) is 13.4 Å². The Morgan fingerprint density at radius 3 is 2.80 bits per heavy atom. The lowest BCUT2D eigenvalue weighted by Gasteiger charge is -2.14. The maximum absolute atomic E-state index is 5.83. The number of fused-ring (bicyclic) bond motifs is 4. The van der Waals surface area contributed by atoms with Gasteiger partial charge in [0.05, 0.1) is 12.1 Å². The third-order valence-corrected chi connectivity index (χ3v) is 4.37. The largest absolute Gasteiger partial charge is 0.493 e. The summed E-state index contributed by atoms with van der Waals surface area (Å²) in [6, 6.07) is 14.0. The predicted octanol–water partition coefficient (Wildman–Crippen LogP) is 3.68. The molecule has 0 radical (unpaired) electrons. The number of benzene rings is 2. The zero-order valence-electron chi connectivity index (χ0n) is 13.6. The zero-order chi connectivity index (χ0) is 16.8. The van der Waals surface area contributed by atoms with Gasteiger partial charge in [-0.1, -0.05) is 18.2 Å². The molecule has 6 heteroatoms. The molecular formula is C19H15N3O3. The Hall–Kier alpha value is -3.28. The van der Waals surface area contributed by atoms with Crippen molar-refractivity contribution < 1.29 is 14.2 Å². The first kappa shape index (κ1) is 14.1. The van der Waals surface area contributed by atoms with Crippen LogP contribution in [0.25, 0.3) is 27.7 Å². The highest BCUT2D eigenvalue weighted by Gasteiger charge is 2.19. The fraction of sp³-hybridized carbons (Fsp3) is 0.158. The summed E-state index contributed by atoms with van der Waals surface area (Å²) in [6.07, 6.45) is 1.71. The van der Waals surface area contributed by atoms with E-state index in [9.17, 15) is 0 Å². The molecule has 0 saturated carbocycles. The summed E-state index contributed by atoms with van der Waals surface area (Å²) in [7, 11) is 0. The minimum Gasteiger partial charge on any atom is -0.493 e. The average Bonchev–Trinajstić information content (AvgIpc) is 3.29. The normalized spacial score (nSPS) is 12.8. The minimum absolute atomic E-state index is 0.238. The maximum atomic E-state index is 5.83. The molecule has 2 aromatic carbocycles. The van der Waals surface area contributed by atoms with Crippen LogP contribution in [0.5, 0.6) is 17.2 Å². The lowest BCUT2D eigenvalue weighted by molar-refractivity contribution is 0.174. The number of hydrogen-bond donors (Lipinski definition) is 0. The van der Waals surface area contributed by atoms with Gasteiger partial charge in [0.25, 0.3) is 0 Å². The molecule has 0 N–H and O–H groups in total. The van der Waals surface area contributed by atoms with Gasteiger partial charge in [-0.3, -0.25) is 4.40 Å². The third-order valence-electron chi connectivity index (χ3n) is 4.37. The topological polar surface area (TPSA) is 57.9 Å². The lowest BCUT2D eigenvalue weighted by atomic mass is 9.99. The Labute approximate surface area is 143 Å². The van der Waals surface area contributed by atoms with Crippen LogP contribution in [0.4, 0.5) is 0 Å². The van der Waals surface area contributed by atoms with Crippen molar-refractivity contribution in [1.29, 1.82) is 0 Å². The molecule has 0 spiro atoms. The van der Waals surface area contributed by atoms with E-state index in [1.165, 1.54) is 0 Å². The van der Waals surface area contributed by atoms with E-state index in [0.29, 0.717) is 6.61 Å². The van der Waals surface area contributed by atoms with E-state index in [0.717, 1.165) is 44.9 Å². The monoisotopic (exact) mass is 333 g/mol. The van der Waals surface area contributed by atoms with Crippen LogP contribution in [-0.2, 0) is 0 Å². The summed E-state index contributed by atoms with van der Waals surface area (Å²) in [5, 5.41) is 9.30. The number of nitrogens with zero attached hydrogens (tertiary/aromatic N) is 3. The van der Waals surface area contributed by atoms with E-state index in [4.69, 9.17) is 14.2 Å². The highest BCUT2D eigenvalue weighted by atomic mass is 16.7. The summed E-state index contributed by atoms with van der Waals surface area (Å²) in [5.74, 6) is 2.32. The van der Waals surface area contributed by atoms with Crippen LogP contribution in [0.2, 0.25) is 0 Å². The van der Waals surface area contributed by atoms with E-state index in [2.05, 4.69) is 16.3 Å². The van der Waals surface area contributed by atoms with Crippen LogP contribution >= 0.6 is 0 Å². The van der Waals surface area contributed by atoms with Gasteiger partial charge in [-0.2, -0.15) is 0 Å². The van der Waals surface area contributed by atoms with Gasteiger partial charge in [-0.05, 0) is 30.7 Å². The SMILES string of the molecule is CCOc1ccccc1-c1cc2nncn2c2cc3c(cc12)OCO3. The third kappa shape index (κ3) is 2.11. The van der Waals surface area contributed by atoms with Gasteiger partial charge >= 0.3 is 0 Å². The van der Waals surface area contributed by atoms with Gasteiger partial charge in [0.2, 0.25) is 6.79 Å². The van der Waals surface area contributed by atoms with Crippen molar-refractivity contribution >= 4 is 16.6 Å². The van der Waals surface area contributed by atoms with E-state index < -0.39 is 0 Å². The molecule has 0 saturated heterocycles. The smallest absolute Gasteiger partial charge is 0.231 e. The van der Waals surface area contributed by atoms with Gasteiger partial charge in [0, 0.05) is 17.0 Å². The Bertz CT molecular complexity index is 1100. The molecule has 0 unspecified atom stereocenters. The average molecular weight is 333 g/mol. The number of pyridine rings is 1. The fourth-order valence-corrected chi connectivity index (χ4v) is 3.27. The summed E-state index contributed by atoms with van der Waals surface area (Å²) in [5.41, 5.74) is 3.78. The van der Waals surface area contributed by atoms with Crippen molar-refractivity contribution in [3.63, 3.8) is 0 Å². The van der Waals surface area contributed by atoms with Gasteiger partial charge in [-0.15, -0.1) is 10.2 Å². The molecule has 0 bridgehead atoms. The van der Waals surface area contributed by atoms with Crippen molar-refractivity contribution in [2.45, 2.75) is 6.92 Å². The van der Waals surface area contributed by atoms with Crippen LogP contribution in [0.3, 0.4) is 0 Å². The van der Waals surface area contributed by atoms with Crippen LogP contribution in [0.15, 0.2) is 48.8 Å². The first-order chi connectivity index (χ1) is 12.3. The molecule has 1 aliphatic rings. The van der Waals surface area contributed by atoms with Crippen molar-refractivity contribution in [1.82, 2.24) is 14.6 Å². The predicted molar refractivity (Wildman–Crippen MR) is 93.2 cm³/mol. The molecule has 3 heterocycles. The molecule has 1 aliphatic heterocycles. The standard InChI is InChI=1S/C19H15N3O3/c1-2-23-16-6-4-3-5-12(16)13-8-19-21-20-10-22(19)15-9-18-17(7-14(13)15)24-11-25-18/h3-10H,2,11H2,1H3. The Kier molecular flexibility index (Phi) is 3.03. The molecule has 25 heavy (non-hydrogen) atoms. The molecule has 124 valence electrons. The number of para-hydroxylation sites is 1. The zero-order valence-corrected chi connectivity index (χ0v) is 13.6. The molecule has 5 rings (SSSR count). The molecule has 0 aliphatic carbocycles. The summed E-state index contributed by atoms with van der Waals surface area (Å²) in [6.45, 7) is 2.82. The van der Waals surface area contributed by atoms with Crippen LogP contribution in [0.1, 0.15) is 6.92 Å². The van der Waals surface area contributed by atoms with E-state index >= 15 is 0 Å². The van der Waals surface area contributed by atoms with Gasteiger partial charge in [0.1, 0.15) is 12.1 Å². The number of ether oxygens (including phenoxy) is 3. The Balaban J connectivity index is 1.88. The molecule has 0 atom stereocenters. The number of aromatic nitrogens is 3. The highest BCUT2D eigenvalue weighted by Crippen LogP contribution is 2.42. The van der Waals surface area contributed by atoms with Crippen LogP contribution in [-0.4, -0.2) is 28.0 Å². The Morgan fingerprint density at radius 2 is 1.92 bits per heavy atom. The lowest BCUT2D eigenvalue weighted by Crippen LogP contribution is -1.96. The second-order valence-electron chi connectivity index (χ2n) is 5.77. The summed E-state index contributed by atoms with van der Waals surface area (Å²) in [4.78, 5) is 0. The molecule has 0 amide bonds. The van der Waals surface area contributed by atoms with Gasteiger partial charge < -0.3 is 14.2 Å². The van der Waals surface area contributed by atoms with E-state index in [1.807, 2.05) is 47.7 Å². The first-order valence-corrected chi connectivity index (χ1v) is 8.13. The van der Waals surface area contributed by atoms with E-state index in [1.54, 1.807) is 6.33 Å². The number of rotatable bonds is 3. The summed E-state index contributed by atoms with van der Waals surface area (Å²) >= 11 is 0. The molecule has 2 aromatic heterocycles. The van der Waals surface area contributed by atoms with Crippen molar-refractivity contribution in [3.8, 4) is 28.4 Å². The van der Waals surface area contributed by atoms with E-state index in [-0.39, 0.29) is 6.79 Å². The quantitative estimate of drug-likeness (QED) is 0.572. The van der Waals surface area contributed by atoms with Gasteiger partial charge in [-0.25, -0.2) is 0 Å². The summed E-state index contributed by atoms with van der Waals surface area (Å²) < 4.78 is 18.9. The second-order valence-corrected chi connectivity index (χ2v) is 5.77. The molecular weight excluding hydrogens is 318 g/mol. The van der Waals surface area contributed by atoms with Gasteiger partial charge in [0.15, 0.2) is 17.1 Å².